The van der Waals surface area contributed by atoms with Gasteiger partial charge in [0.15, 0.2) is 0 Å². The number of anilines is 3. The molecule has 0 fully saturated rings. The van der Waals surface area contributed by atoms with Gasteiger partial charge in [-0.15, -0.1) is 0 Å². The number of nitro groups is 1. The molecule has 0 amide bonds. The van der Waals surface area contributed by atoms with E-state index < -0.39 is 4.92 Å². The van der Waals surface area contributed by atoms with Crippen molar-refractivity contribution in [2.45, 2.75) is 6.92 Å². The first kappa shape index (κ1) is 11.9. The molecular weight excluding hydrogens is 230 g/mol. The van der Waals surface area contributed by atoms with Gasteiger partial charge in [-0.3, -0.25) is 10.1 Å². The molecule has 0 aliphatic heterocycles. The van der Waals surface area contributed by atoms with Crippen LogP contribution < -0.4 is 11.1 Å². The normalized spacial score (nSPS) is 10.1. The largest absolute Gasteiger partial charge is 0.399 e. The first-order valence-electron chi connectivity index (χ1n) is 5.44. The van der Waals surface area contributed by atoms with Crippen LogP contribution in [0, 0.1) is 17.0 Å². The van der Waals surface area contributed by atoms with Gasteiger partial charge in [-0.25, -0.2) is 0 Å². The zero-order chi connectivity index (χ0) is 13.1. The lowest BCUT2D eigenvalue weighted by atomic mass is 10.2. The second-order valence-electron chi connectivity index (χ2n) is 4.02. The van der Waals surface area contributed by atoms with E-state index >= 15 is 0 Å². The lowest BCUT2D eigenvalue weighted by Gasteiger charge is -2.08. The van der Waals surface area contributed by atoms with Crippen molar-refractivity contribution >= 4 is 22.7 Å². The van der Waals surface area contributed by atoms with Crippen LogP contribution in [-0.2, 0) is 0 Å². The maximum absolute atomic E-state index is 10.9. The molecule has 2 aromatic carbocycles. The smallest absolute Gasteiger partial charge is 0.292 e. The second-order valence-corrected chi connectivity index (χ2v) is 4.02. The molecule has 0 atom stereocenters. The quantitative estimate of drug-likeness (QED) is 0.492. The monoisotopic (exact) mass is 243 g/mol. The summed E-state index contributed by atoms with van der Waals surface area (Å²) in [5.74, 6) is 0. The summed E-state index contributed by atoms with van der Waals surface area (Å²) < 4.78 is 0. The molecular formula is C13H13N3O2. The Morgan fingerprint density at radius 1 is 1.17 bits per heavy atom. The Morgan fingerprint density at radius 3 is 2.44 bits per heavy atom. The highest BCUT2D eigenvalue weighted by atomic mass is 16.6. The first-order valence-corrected chi connectivity index (χ1v) is 5.44. The van der Waals surface area contributed by atoms with Crippen molar-refractivity contribution < 1.29 is 4.92 Å². The average molecular weight is 243 g/mol. The molecule has 0 saturated carbocycles. The highest BCUT2D eigenvalue weighted by Gasteiger charge is 2.13. The minimum atomic E-state index is -0.404. The zero-order valence-corrected chi connectivity index (χ0v) is 9.88. The maximum atomic E-state index is 10.9. The molecule has 0 spiro atoms. The molecule has 0 unspecified atom stereocenters. The molecule has 0 aliphatic carbocycles. The predicted molar refractivity (Wildman–Crippen MR) is 72.0 cm³/mol. The number of rotatable bonds is 3. The van der Waals surface area contributed by atoms with Gasteiger partial charge in [0.1, 0.15) is 5.69 Å². The van der Waals surface area contributed by atoms with Crippen LogP contribution in [0.3, 0.4) is 0 Å². The van der Waals surface area contributed by atoms with E-state index in [4.69, 9.17) is 5.73 Å². The van der Waals surface area contributed by atoms with E-state index in [0.717, 1.165) is 11.3 Å². The Morgan fingerprint density at radius 2 is 1.83 bits per heavy atom. The Balaban J connectivity index is 2.35. The number of nitrogens with one attached hydrogen (secondary N) is 1. The van der Waals surface area contributed by atoms with Gasteiger partial charge in [0.25, 0.3) is 5.69 Å². The molecule has 0 radical (unpaired) electrons. The lowest BCUT2D eigenvalue weighted by Crippen LogP contribution is -1.97. The Bertz CT molecular complexity index is 579. The fourth-order valence-corrected chi connectivity index (χ4v) is 1.63. The Labute approximate surface area is 104 Å². The number of hydrogen-bond acceptors (Lipinski definition) is 4. The van der Waals surface area contributed by atoms with Crippen LogP contribution in [0.1, 0.15) is 5.56 Å². The van der Waals surface area contributed by atoms with Gasteiger partial charge < -0.3 is 11.1 Å². The van der Waals surface area contributed by atoms with Gasteiger partial charge in [-0.1, -0.05) is 6.07 Å². The van der Waals surface area contributed by atoms with Gasteiger partial charge in [0.05, 0.1) is 4.92 Å². The molecule has 5 nitrogen and oxygen atoms in total. The van der Waals surface area contributed by atoms with Gasteiger partial charge in [-0.2, -0.15) is 0 Å². The van der Waals surface area contributed by atoms with Gasteiger partial charge in [0, 0.05) is 17.4 Å². The number of nitrogen functional groups attached to an aromatic ring is 1. The van der Waals surface area contributed by atoms with Gasteiger partial charge in [0.2, 0.25) is 0 Å². The van der Waals surface area contributed by atoms with Crippen molar-refractivity contribution in [3.63, 3.8) is 0 Å². The standard InChI is InChI=1S/C13H13N3O2/c1-9-2-7-13(16(17)18)12(8-9)15-11-5-3-10(14)4-6-11/h2-8,15H,14H2,1H3. The Hall–Kier alpha value is -2.56. The average Bonchev–Trinajstić information content (AvgIpc) is 2.32. The number of benzene rings is 2. The highest BCUT2D eigenvalue weighted by Crippen LogP contribution is 2.28. The minimum Gasteiger partial charge on any atom is -0.399 e. The number of nitrogens with zero attached hydrogens (tertiary/aromatic N) is 1. The third kappa shape index (κ3) is 2.57. The van der Waals surface area contributed by atoms with E-state index in [1.54, 1.807) is 36.4 Å². The van der Waals surface area contributed by atoms with E-state index in [-0.39, 0.29) is 5.69 Å². The van der Waals surface area contributed by atoms with E-state index in [0.29, 0.717) is 11.4 Å². The summed E-state index contributed by atoms with van der Waals surface area (Å²) in [7, 11) is 0. The van der Waals surface area contributed by atoms with Gasteiger partial charge >= 0.3 is 0 Å². The molecule has 5 heteroatoms. The summed E-state index contributed by atoms with van der Waals surface area (Å²) in [6, 6.07) is 12.0. The number of hydrogen-bond donors (Lipinski definition) is 2. The van der Waals surface area contributed by atoms with Crippen molar-refractivity contribution in [2.75, 3.05) is 11.1 Å². The van der Waals surface area contributed by atoms with Crippen LogP contribution in [-0.4, -0.2) is 4.92 Å². The summed E-state index contributed by atoms with van der Waals surface area (Å²) in [6.07, 6.45) is 0. The van der Waals surface area contributed by atoms with Crippen molar-refractivity contribution in [1.29, 1.82) is 0 Å². The molecule has 0 heterocycles. The lowest BCUT2D eigenvalue weighted by molar-refractivity contribution is -0.383. The van der Waals surface area contributed by atoms with Crippen molar-refractivity contribution in [2.24, 2.45) is 0 Å². The van der Waals surface area contributed by atoms with Gasteiger partial charge in [-0.05, 0) is 42.8 Å². The second kappa shape index (κ2) is 4.75. The first-order chi connectivity index (χ1) is 8.56. The summed E-state index contributed by atoms with van der Waals surface area (Å²) in [4.78, 5) is 10.5. The topological polar surface area (TPSA) is 81.2 Å². The van der Waals surface area contributed by atoms with Crippen LogP contribution in [0.15, 0.2) is 42.5 Å². The van der Waals surface area contributed by atoms with E-state index in [9.17, 15) is 10.1 Å². The summed E-state index contributed by atoms with van der Waals surface area (Å²) in [5, 5.41) is 13.9. The zero-order valence-electron chi connectivity index (χ0n) is 9.88. The van der Waals surface area contributed by atoms with E-state index in [1.165, 1.54) is 6.07 Å². The third-order valence-electron chi connectivity index (χ3n) is 2.54. The minimum absolute atomic E-state index is 0.0532. The fourth-order valence-electron chi connectivity index (χ4n) is 1.63. The highest BCUT2D eigenvalue weighted by molar-refractivity contribution is 5.70. The molecule has 2 aromatic rings. The molecule has 0 saturated heterocycles. The fraction of sp³-hybridized carbons (Fsp3) is 0.0769. The third-order valence-corrected chi connectivity index (χ3v) is 2.54. The van der Waals surface area contributed by atoms with Crippen LogP contribution in [0.5, 0.6) is 0 Å². The summed E-state index contributed by atoms with van der Waals surface area (Å²) in [6.45, 7) is 1.89. The number of nitro benzene ring substituents is 1. The van der Waals surface area contributed by atoms with E-state index in [2.05, 4.69) is 5.32 Å². The van der Waals surface area contributed by atoms with Crippen molar-refractivity contribution in [3.8, 4) is 0 Å². The SMILES string of the molecule is Cc1ccc([N+](=O)[O-])c(Nc2ccc(N)cc2)c1. The molecule has 0 aromatic heterocycles. The molecule has 18 heavy (non-hydrogen) atoms. The van der Waals surface area contributed by atoms with Crippen molar-refractivity contribution in [3.05, 3.63) is 58.1 Å². The van der Waals surface area contributed by atoms with Crippen molar-refractivity contribution in [1.82, 2.24) is 0 Å². The Kier molecular flexibility index (Phi) is 3.14. The maximum Gasteiger partial charge on any atom is 0.292 e. The molecule has 3 N–H and O–H groups in total. The molecule has 0 aliphatic rings. The predicted octanol–water partition coefficient (Wildman–Crippen LogP) is 3.23. The summed E-state index contributed by atoms with van der Waals surface area (Å²) in [5.41, 5.74) is 8.49. The van der Waals surface area contributed by atoms with Crippen LogP contribution in [0.4, 0.5) is 22.7 Å². The van der Waals surface area contributed by atoms with Crippen LogP contribution in [0.25, 0.3) is 0 Å². The molecule has 2 rings (SSSR count). The van der Waals surface area contributed by atoms with Crippen LogP contribution >= 0.6 is 0 Å². The van der Waals surface area contributed by atoms with Crippen LogP contribution in [0.2, 0.25) is 0 Å². The molecule has 0 bridgehead atoms. The van der Waals surface area contributed by atoms with E-state index in [1.807, 2.05) is 6.92 Å². The summed E-state index contributed by atoms with van der Waals surface area (Å²) >= 11 is 0. The number of aryl methyl sites for hydroxylation is 1. The molecule has 92 valence electrons. The number of nitrogens with two attached hydrogens (primary N) is 1.